The SMILES string of the molecule is CC(C)(C)c1[c-]c(-c2[c-]cccc2)ccc1C(C)(C)C.[Li+].[Li+]. The van der Waals surface area contributed by atoms with Gasteiger partial charge in [0.25, 0.3) is 0 Å². The van der Waals surface area contributed by atoms with E-state index < -0.39 is 0 Å². The number of benzene rings is 2. The van der Waals surface area contributed by atoms with Crippen LogP contribution in [0.25, 0.3) is 11.1 Å². The first-order valence-electron chi connectivity index (χ1n) is 7.24. The maximum atomic E-state index is 3.64. The Bertz CT molecular complexity index is 587. The molecular weight excluding hydrogens is 254 g/mol. The van der Waals surface area contributed by atoms with Crippen LogP contribution in [0.15, 0.2) is 36.4 Å². The molecule has 2 aromatic rings. The minimum absolute atomic E-state index is 0. The van der Waals surface area contributed by atoms with E-state index in [1.807, 2.05) is 18.2 Å². The number of hydrogen-bond donors (Lipinski definition) is 0. The predicted molar refractivity (Wildman–Crippen MR) is 87.0 cm³/mol. The zero-order chi connectivity index (χ0) is 15.0. The minimum atomic E-state index is 0. The van der Waals surface area contributed by atoms with Gasteiger partial charge >= 0.3 is 37.7 Å². The van der Waals surface area contributed by atoms with Crippen LogP contribution in [0, 0.1) is 12.1 Å². The van der Waals surface area contributed by atoms with Crippen LogP contribution in [0.4, 0.5) is 0 Å². The molecule has 0 atom stereocenters. The molecule has 0 aliphatic carbocycles. The topological polar surface area (TPSA) is 0 Å². The molecule has 2 aromatic carbocycles. The van der Waals surface area contributed by atoms with E-state index in [1.54, 1.807) is 0 Å². The largest absolute Gasteiger partial charge is 1.00 e. The molecule has 22 heavy (non-hydrogen) atoms. The second kappa shape index (κ2) is 7.95. The summed E-state index contributed by atoms with van der Waals surface area (Å²) in [6.45, 7) is 13.6. The number of rotatable bonds is 1. The van der Waals surface area contributed by atoms with Crippen LogP contribution in [-0.2, 0) is 10.8 Å². The molecule has 0 N–H and O–H groups in total. The van der Waals surface area contributed by atoms with Crippen molar-refractivity contribution in [2.45, 2.75) is 52.4 Å². The third-order valence-electron chi connectivity index (χ3n) is 3.50. The van der Waals surface area contributed by atoms with E-state index in [0.29, 0.717) is 0 Å². The minimum Gasteiger partial charge on any atom is -0.226 e. The quantitative estimate of drug-likeness (QED) is 0.490. The number of hydrogen-bond acceptors (Lipinski definition) is 0. The van der Waals surface area contributed by atoms with E-state index in [9.17, 15) is 0 Å². The van der Waals surface area contributed by atoms with Gasteiger partial charge in [-0.25, -0.2) is 11.1 Å². The zero-order valence-corrected chi connectivity index (χ0v) is 15.5. The Hall–Kier alpha value is -0.365. The molecule has 0 amide bonds. The van der Waals surface area contributed by atoms with Crippen molar-refractivity contribution in [2.75, 3.05) is 0 Å². The molecule has 0 saturated carbocycles. The Morgan fingerprint density at radius 2 is 1.36 bits per heavy atom. The zero-order valence-electron chi connectivity index (χ0n) is 15.5. The molecule has 0 aliphatic rings. The fourth-order valence-corrected chi connectivity index (χ4v) is 2.43. The molecular formula is C20H24Li2. The average Bonchev–Trinajstić information content (AvgIpc) is 2.37. The van der Waals surface area contributed by atoms with Crippen molar-refractivity contribution in [2.24, 2.45) is 0 Å². The van der Waals surface area contributed by atoms with Crippen LogP contribution in [0.5, 0.6) is 0 Å². The Labute approximate surface area is 160 Å². The Morgan fingerprint density at radius 3 is 1.82 bits per heavy atom. The molecule has 0 radical (unpaired) electrons. The monoisotopic (exact) mass is 278 g/mol. The summed E-state index contributed by atoms with van der Waals surface area (Å²) in [7, 11) is 0. The average molecular weight is 278 g/mol. The van der Waals surface area contributed by atoms with Gasteiger partial charge in [0.05, 0.1) is 0 Å². The summed E-state index contributed by atoms with van der Waals surface area (Å²) in [5, 5.41) is 0. The van der Waals surface area contributed by atoms with Crippen LogP contribution in [-0.4, -0.2) is 0 Å². The molecule has 0 heterocycles. The smallest absolute Gasteiger partial charge is 0.226 e. The first kappa shape index (κ1) is 21.6. The summed E-state index contributed by atoms with van der Waals surface area (Å²) in [5.41, 5.74) is 5.15. The third kappa shape index (κ3) is 5.08. The standard InChI is InChI=1S/C20H24.2Li/c1-19(2,3)17-13-12-16(14-18(17)20(4,5)6)15-10-8-7-9-11-15;;/h7-10,12-13H,1-6H3;;/q-2;2*+1. The van der Waals surface area contributed by atoms with Gasteiger partial charge < -0.3 is 0 Å². The van der Waals surface area contributed by atoms with Crippen molar-refractivity contribution >= 4 is 0 Å². The summed E-state index contributed by atoms with van der Waals surface area (Å²) in [6, 6.07) is 19.5. The maximum absolute atomic E-state index is 3.64. The molecule has 0 bridgehead atoms. The van der Waals surface area contributed by atoms with Crippen molar-refractivity contribution in [3.63, 3.8) is 0 Å². The molecule has 106 valence electrons. The van der Waals surface area contributed by atoms with Crippen LogP contribution in [0.3, 0.4) is 0 Å². The summed E-state index contributed by atoms with van der Waals surface area (Å²) >= 11 is 0. The molecule has 2 rings (SSSR count). The van der Waals surface area contributed by atoms with Gasteiger partial charge in [-0.3, -0.25) is 0 Å². The van der Waals surface area contributed by atoms with Crippen molar-refractivity contribution in [3.05, 3.63) is 59.7 Å². The fourth-order valence-electron chi connectivity index (χ4n) is 2.43. The third-order valence-corrected chi connectivity index (χ3v) is 3.50. The van der Waals surface area contributed by atoms with E-state index in [0.717, 1.165) is 11.1 Å². The van der Waals surface area contributed by atoms with Gasteiger partial charge in [0, 0.05) is 0 Å². The summed E-state index contributed by atoms with van der Waals surface area (Å²) in [6.07, 6.45) is 0. The molecule has 0 nitrogen and oxygen atoms in total. The fraction of sp³-hybridized carbons (Fsp3) is 0.400. The van der Waals surface area contributed by atoms with Crippen LogP contribution < -0.4 is 37.7 Å². The van der Waals surface area contributed by atoms with Crippen molar-refractivity contribution in [3.8, 4) is 11.1 Å². The van der Waals surface area contributed by atoms with Gasteiger partial charge in [0.1, 0.15) is 0 Å². The van der Waals surface area contributed by atoms with Crippen molar-refractivity contribution in [1.82, 2.24) is 0 Å². The van der Waals surface area contributed by atoms with Gasteiger partial charge in [0.15, 0.2) is 0 Å². The van der Waals surface area contributed by atoms with Gasteiger partial charge in [-0.2, -0.15) is 42.5 Å². The molecule has 0 unspecified atom stereocenters. The second-order valence-electron chi connectivity index (χ2n) is 7.44. The molecule has 0 spiro atoms. The van der Waals surface area contributed by atoms with Gasteiger partial charge in [-0.1, -0.05) is 41.5 Å². The normalized spacial score (nSPS) is 11.4. The van der Waals surface area contributed by atoms with E-state index in [-0.39, 0.29) is 48.6 Å². The summed E-state index contributed by atoms with van der Waals surface area (Å²) in [4.78, 5) is 0. The Kier molecular flexibility index (Phi) is 7.82. The van der Waals surface area contributed by atoms with Gasteiger partial charge in [-0.05, 0) is 10.8 Å². The molecule has 0 saturated heterocycles. The Morgan fingerprint density at radius 1 is 0.727 bits per heavy atom. The van der Waals surface area contributed by atoms with Gasteiger partial charge in [-0.15, -0.1) is 17.2 Å². The first-order chi connectivity index (χ1) is 9.19. The van der Waals surface area contributed by atoms with E-state index in [1.165, 1.54) is 11.1 Å². The summed E-state index contributed by atoms with van der Waals surface area (Å²) in [5.74, 6) is 0. The van der Waals surface area contributed by atoms with Crippen LogP contribution in [0.2, 0.25) is 0 Å². The van der Waals surface area contributed by atoms with Crippen LogP contribution in [0.1, 0.15) is 52.7 Å². The molecule has 0 fully saturated rings. The Balaban J connectivity index is 0.00000220. The van der Waals surface area contributed by atoms with Crippen LogP contribution >= 0.6 is 0 Å². The molecule has 0 aromatic heterocycles. The van der Waals surface area contributed by atoms with Gasteiger partial charge in [0.2, 0.25) is 0 Å². The molecule has 2 heteroatoms. The molecule has 0 aliphatic heterocycles. The van der Waals surface area contributed by atoms with Crippen molar-refractivity contribution in [1.29, 1.82) is 0 Å². The predicted octanol–water partition coefficient (Wildman–Crippen LogP) is -0.443. The second-order valence-corrected chi connectivity index (χ2v) is 7.44. The van der Waals surface area contributed by atoms with E-state index in [2.05, 4.69) is 71.9 Å². The van der Waals surface area contributed by atoms with E-state index >= 15 is 0 Å². The first-order valence-corrected chi connectivity index (χ1v) is 7.24. The van der Waals surface area contributed by atoms with Crippen molar-refractivity contribution < 1.29 is 37.7 Å². The maximum Gasteiger partial charge on any atom is 1.00 e. The summed E-state index contributed by atoms with van der Waals surface area (Å²) < 4.78 is 0. The van der Waals surface area contributed by atoms with E-state index in [4.69, 9.17) is 0 Å².